The molecule has 0 N–H and O–H groups in total. The van der Waals surface area contributed by atoms with E-state index in [0.717, 1.165) is 25.5 Å². The smallest absolute Gasteiger partial charge is 0.341 e. The fourth-order valence-corrected chi connectivity index (χ4v) is 2.79. The Morgan fingerprint density at radius 2 is 2.04 bits per heavy atom. The van der Waals surface area contributed by atoms with E-state index < -0.39 is 22.4 Å². The van der Waals surface area contributed by atoms with E-state index in [9.17, 15) is 13.2 Å². The van der Waals surface area contributed by atoms with Crippen molar-refractivity contribution in [3.63, 3.8) is 0 Å². The van der Waals surface area contributed by atoms with Crippen molar-refractivity contribution in [2.24, 2.45) is 0 Å². The topological polar surface area (TPSA) is 88.1 Å². The summed E-state index contributed by atoms with van der Waals surface area (Å²) in [4.78, 5) is 11.8. The SMILES string of the molecule is COC(=O)c1ccc(OC2CCCCO2)c(C)c1OS(C)(=O)=O. The Hall–Kier alpha value is -1.80. The monoisotopic (exact) mass is 344 g/mol. The molecule has 0 bridgehead atoms. The van der Waals surface area contributed by atoms with Gasteiger partial charge in [0.05, 0.1) is 20.0 Å². The van der Waals surface area contributed by atoms with Crippen molar-refractivity contribution >= 4 is 16.1 Å². The van der Waals surface area contributed by atoms with Crippen LogP contribution in [-0.4, -0.2) is 40.6 Å². The third-order valence-corrected chi connectivity index (χ3v) is 3.86. The predicted molar refractivity (Wildman–Crippen MR) is 82.2 cm³/mol. The van der Waals surface area contributed by atoms with Gasteiger partial charge in [-0.3, -0.25) is 0 Å². The molecule has 1 aliphatic heterocycles. The second-order valence-corrected chi connectivity index (χ2v) is 6.83. The fraction of sp³-hybridized carbons (Fsp3) is 0.533. The summed E-state index contributed by atoms with van der Waals surface area (Å²) < 4.78 is 43.8. The molecule has 1 saturated heterocycles. The van der Waals surface area contributed by atoms with Gasteiger partial charge in [0.25, 0.3) is 0 Å². The first-order valence-electron chi connectivity index (χ1n) is 7.21. The van der Waals surface area contributed by atoms with Gasteiger partial charge in [-0.2, -0.15) is 8.42 Å². The van der Waals surface area contributed by atoms with Gasteiger partial charge in [0.1, 0.15) is 11.3 Å². The van der Waals surface area contributed by atoms with Crippen LogP contribution in [0.2, 0.25) is 0 Å². The van der Waals surface area contributed by atoms with Crippen molar-refractivity contribution in [3.8, 4) is 11.5 Å². The van der Waals surface area contributed by atoms with Crippen LogP contribution in [0, 0.1) is 6.92 Å². The van der Waals surface area contributed by atoms with Gasteiger partial charge in [-0.25, -0.2) is 4.79 Å². The minimum Gasteiger partial charge on any atom is -0.465 e. The van der Waals surface area contributed by atoms with Gasteiger partial charge in [-0.1, -0.05) is 0 Å². The highest BCUT2D eigenvalue weighted by Gasteiger charge is 2.24. The molecular weight excluding hydrogens is 324 g/mol. The maximum atomic E-state index is 11.8. The number of hydrogen-bond donors (Lipinski definition) is 0. The number of benzene rings is 1. The highest BCUT2D eigenvalue weighted by molar-refractivity contribution is 7.86. The van der Waals surface area contributed by atoms with Crippen molar-refractivity contribution in [3.05, 3.63) is 23.3 Å². The minimum atomic E-state index is -3.81. The third kappa shape index (κ3) is 4.59. The zero-order valence-electron chi connectivity index (χ0n) is 13.3. The molecule has 23 heavy (non-hydrogen) atoms. The van der Waals surface area contributed by atoms with Gasteiger partial charge in [0.2, 0.25) is 0 Å². The number of ether oxygens (including phenoxy) is 3. The number of esters is 1. The molecule has 0 saturated carbocycles. The summed E-state index contributed by atoms with van der Waals surface area (Å²) in [6.07, 6.45) is 3.25. The van der Waals surface area contributed by atoms with Crippen LogP contribution in [-0.2, 0) is 19.6 Å². The maximum absolute atomic E-state index is 11.8. The van der Waals surface area contributed by atoms with Crippen LogP contribution < -0.4 is 8.92 Å². The molecule has 0 spiro atoms. The number of methoxy groups -OCH3 is 1. The van der Waals surface area contributed by atoms with Gasteiger partial charge in [0, 0.05) is 12.0 Å². The zero-order chi connectivity index (χ0) is 17.0. The average molecular weight is 344 g/mol. The van der Waals surface area contributed by atoms with Gasteiger partial charge in [-0.05, 0) is 31.9 Å². The molecule has 0 aliphatic carbocycles. The third-order valence-electron chi connectivity index (χ3n) is 3.39. The molecule has 7 nitrogen and oxygen atoms in total. The lowest BCUT2D eigenvalue weighted by Crippen LogP contribution is -2.25. The lowest BCUT2D eigenvalue weighted by Gasteiger charge is -2.25. The molecule has 1 fully saturated rings. The number of rotatable bonds is 5. The Morgan fingerprint density at radius 1 is 1.30 bits per heavy atom. The number of carbonyl (C=O) groups is 1. The fourth-order valence-electron chi connectivity index (χ4n) is 2.28. The first-order chi connectivity index (χ1) is 10.8. The van der Waals surface area contributed by atoms with E-state index in [2.05, 4.69) is 4.74 Å². The molecule has 1 aliphatic rings. The van der Waals surface area contributed by atoms with Gasteiger partial charge >= 0.3 is 16.1 Å². The largest absolute Gasteiger partial charge is 0.465 e. The second-order valence-electron chi connectivity index (χ2n) is 5.26. The van der Waals surface area contributed by atoms with Crippen LogP contribution in [0.1, 0.15) is 35.2 Å². The van der Waals surface area contributed by atoms with E-state index in [0.29, 0.717) is 17.9 Å². The molecule has 0 radical (unpaired) electrons. The molecule has 1 aromatic carbocycles. The van der Waals surface area contributed by atoms with E-state index in [1.54, 1.807) is 13.0 Å². The van der Waals surface area contributed by atoms with Crippen LogP contribution in [0.3, 0.4) is 0 Å². The van der Waals surface area contributed by atoms with Crippen molar-refractivity contribution in [1.29, 1.82) is 0 Å². The molecule has 8 heteroatoms. The van der Waals surface area contributed by atoms with Crippen LogP contribution in [0.25, 0.3) is 0 Å². The molecule has 0 amide bonds. The molecular formula is C15H20O7S. The summed E-state index contributed by atoms with van der Waals surface area (Å²) in [5.74, 6) is -0.372. The highest BCUT2D eigenvalue weighted by atomic mass is 32.2. The Morgan fingerprint density at radius 3 is 2.61 bits per heavy atom. The Kier molecular flexibility index (Phi) is 5.48. The summed E-state index contributed by atoms with van der Waals surface area (Å²) >= 11 is 0. The summed E-state index contributed by atoms with van der Waals surface area (Å²) in [7, 11) is -2.60. The van der Waals surface area contributed by atoms with Crippen LogP contribution in [0.15, 0.2) is 12.1 Å². The standard InChI is InChI=1S/C15H20O7S/c1-10-12(21-13-6-4-5-9-20-13)8-7-11(15(16)19-2)14(10)22-23(3,17)18/h7-8,13H,4-6,9H2,1-3H3. The average Bonchev–Trinajstić information content (AvgIpc) is 2.50. The Labute approximate surface area is 135 Å². The summed E-state index contributed by atoms with van der Waals surface area (Å²) in [6, 6.07) is 2.99. The van der Waals surface area contributed by atoms with Crippen LogP contribution in [0.4, 0.5) is 0 Å². The maximum Gasteiger partial charge on any atom is 0.341 e. The Bertz CT molecular complexity index is 675. The molecule has 1 aromatic rings. The molecule has 1 heterocycles. The molecule has 2 rings (SSSR count). The van der Waals surface area contributed by atoms with E-state index in [-0.39, 0.29) is 11.3 Å². The van der Waals surface area contributed by atoms with E-state index in [4.69, 9.17) is 13.7 Å². The highest BCUT2D eigenvalue weighted by Crippen LogP contribution is 2.34. The van der Waals surface area contributed by atoms with Crippen molar-refractivity contribution in [2.75, 3.05) is 20.0 Å². The van der Waals surface area contributed by atoms with Crippen molar-refractivity contribution in [2.45, 2.75) is 32.5 Å². The molecule has 1 unspecified atom stereocenters. The van der Waals surface area contributed by atoms with Crippen LogP contribution in [0.5, 0.6) is 11.5 Å². The van der Waals surface area contributed by atoms with E-state index in [1.807, 2.05) is 0 Å². The van der Waals surface area contributed by atoms with Gasteiger partial charge < -0.3 is 18.4 Å². The number of carbonyl (C=O) groups excluding carboxylic acids is 1. The predicted octanol–water partition coefficient (Wildman–Crippen LogP) is 2.03. The summed E-state index contributed by atoms with van der Waals surface area (Å²) in [6.45, 7) is 2.24. The molecule has 128 valence electrons. The second kappa shape index (κ2) is 7.18. The first-order valence-corrected chi connectivity index (χ1v) is 9.03. The molecule has 1 atom stereocenters. The summed E-state index contributed by atoms with van der Waals surface area (Å²) in [5, 5.41) is 0. The normalized spacial score (nSPS) is 18.3. The lowest BCUT2D eigenvalue weighted by atomic mass is 10.1. The summed E-state index contributed by atoms with van der Waals surface area (Å²) in [5.41, 5.74) is 0.417. The minimum absolute atomic E-state index is 0.0207. The van der Waals surface area contributed by atoms with E-state index in [1.165, 1.54) is 13.2 Å². The van der Waals surface area contributed by atoms with Crippen molar-refractivity contribution < 1.29 is 31.6 Å². The quantitative estimate of drug-likeness (QED) is 0.596. The molecule has 0 aromatic heterocycles. The number of hydrogen-bond acceptors (Lipinski definition) is 7. The first kappa shape index (κ1) is 17.6. The Balaban J connectivity index is 2.37. The van der Waals surface area contributed by atoms with Gasteiger partial charge in [0.15, 0.2) is 12.0 Å². The van der Waals surface area contributed by atoms with Crippen LogP contribution >= 0.6 is 0 Å². The van der Waals surface area contributed by atoms with Gasteiger partial charge in [-0.15, -0.1) is 0 Å². The lowest BCUT2D eigenvalue weighted by molar-refractivity contribution is -0.106. The van der Waals surface area contributed by atoms with E-state index >= 15 is 0 Å². The zero-order valence-corrected chi connectivity index (χ0v) is 14.1. The van der Waals surface area contributed by atoms with Crippen molar-refractivity contribution in [1.82, 2.24) is 0 Å².